The highest BCUT2D eigenvalue weighted by Crippen LogP contribution is 2.27. The molecule has 0 saturated heterocycles. The standard InChI is InChI=1S/C24H22N6O3S/c1-17-7-5-6-8-18(17)16-34-24-28-27-22(15-25-23(31)26-19-9-3-2-4-10-19)29(24)20-11-13-21(14-12-20)30(32)33/h2-14H,15-16H2,1H3,(H2,25,26,31). The van der Waals surface area contributed by atoms with Gasteiger partial charge in [0, 0.05) is 29.3 Å². The molecule has 0 fully saturated rings. The molecule has 0 aliphatic carbocycles. The third kappa shape index (κ3) is 5.59. The molecule has 10 heteroatoms. The fourth-order valence-corrected chi connectivity index (χ4v) is 4.31. The summed E-state index contributed by atoms with van der Waals surface area (Å²) in [7, 11) is 0. The van der Waals surface area contributed by atoms with Crippen molar-refractivity contribution in [3.63, 3.8) is 0 Å². The third-order valence-corrected chi connectivity index (χ3v) is 6.05. The number of aromatic nitrogens is 3. The van der Waals surface area contributed by atoms with Gasteiger partial charge in [0.2, 0.25) is 0 Å². The predicted molar refractivity (Wildman–Crippen MR) is 131 cm³/mol. The van der Waals surface area contributed by atoms with Crippen LogP contribution in [0.15, 0.2) is 84.0 Å². The van der Waals surface area contributed by atoms with Gasteiger partial charge in [-0.15, -0.1) is 10.2 Å². The number of anilines is 1. The topological polar surface area (TPSA) is 115 Å². The Labute approximate surface area is 200 Å². The van der Waals surface area contributed by atoms with Gasteiger partial charge in [-0.3, -0.25) is 14.7 Å². The number of carbonyl (C=O) groups excluding carboxylic acids is 1. The van der Waals surface area contributed by atoms with Gasteiger partial charge in [0.1, 0.15) is 0 Å². The lowest BCUT2D eigenvalue weighted by molar-refractivity contribution is -0.384. The minimum atomic E-state index is -0.444. The zero-order valence-corrected chi connectivity index (χ0v) is 19.2. The van der Waals surface area contributed by atoms with Crippen LogP contribution in [-0.4, -0.2) is 25.7 Å². The molecule has 0 spiro atoms. The minimum Gasteiger partial charge on any atom is -0.331 e. The number of nitro groups is 1. The fraction of sp³-hybridized carbons (Fsp3) is 0.125. The molecule has 0 saturated carbocycles. The SMILES string of the molecule is Cc1ccccc1CSc1nnc(CNC(=O)Nc2ccccc2)n1-c1ccc([N+](=O)[O-])cc1. The molecule has 0 bridgehead atoms. The molecule has 4 rings (SSSR count). The van der Waals surface area contributed by atoms with Gasteiger partial charge in [0.15, 0.2) is 11.0 Å². The second kappa shape index (κ2) is 10.6. The van der Waals surface area contributed by atoms with Crippen molar-refractivity contribution in [3.05, 3.63) is 106 Å². The summed E-state index contributed by atoms with van der Waals surface area (Å²) in [6.45, 7) is 2.17. The summed E-state index contributed by atoms with van der Waals surface area (Å²) in [6.07, 6.45) is 0. The summed E-state index contributed by atoms with van der Waals surface area (Å²) in [5.41, 5.74) is 3.69. The van der Waals surface area contributed by atoms with Crippen LogP contribution in [0.3, 0.4) is 0 Å². The van der Waals surface area contributed by atoms with Crippen LogP contribution in [0, 0.1) is 17.0 Å². The lowest BCUT2D eigenvalue weighted by Gasteiger charge is -2.12. The monoisotopic (exact) mass is 474 g/mol. The maximum atomic E-state index is 12.3. The van der Waals surface area contributed by atoms with E-state index in [0.29, 0.717) is 28.1 Å². The normalized spacial score (nSPS) is 10.6. The smallest absolute Gasteiger partial charge is 0.319 e. The van der Waals surface area contributed by atoms with E-state index in [1.807, 2.05) is 30.3 Å². The molecule has 0 unspecified atom stereocenters. The van der Waals surface area contributed by atoms with Gasteiger partial charge >= 0.3 is 6.03 Å². The van der Waals surface area contributed by atoms with Gasteiger partial charge in [0.05, 0.1) is 11.5 Å². The molecular formula is C24H22N6O3S. The number of amides is 2. The van der Waals surface area contributed by atoms with Crippen molar-refractivity contribution in [1.29, 1.82) is 0 Å². The summed E-state index contributed by atoms with van der Waals surface area (Å²) in [6, 6.07) is 23.0. The summed E-state index contributed by atoms with van der Waals surface area (Å²) in [4.78, 5) is 23.0. The van der Waals surface area contributed by atoms with Gasteiger partial charge in [-0.05, 0) is 42.3 Å². The maximum absolute atomic E-state index is 12.3. The van der Waals surface area contributed by atoms with E-state index < -0.39 is 4.92 Å². The Morgan fingerprint density at radius 1 is 1.00 bits per heavy atom. The molecule has 1 heterocycles. The Bertz CT molecular complexity index is 1290. The van der Waals surface area contributed by atoms with E-state index in [1.54, 1.807) is 28.8 Å². The highest BCUT2D eigenvalue weighted by molar-refractivity contribution is 7.98. The number of hydrogen-bond donors (Lipinski definition) is 2. The van der Waals surface area contributed by atoms with E-state index >= 15 is 0 Å². The summed E-state index contributed by atoms with van der Waals surface area (Å²) in [5, 5.41) is 25.9. The molecule has 1 aromatic heterocycles. The second-order valence-corrected chi connectivity index (χ2v) is 8.34. The molecule has 34 heavy (non-hydrogen) atoms. The first-order chi connectivity index (χ1) is 16.5. The lowest BCUT2D eigenvalue weighted by atomic mass is 10.1. The van der Waals surface area contributed by atoms with Crippen molar-refractivity contribution >= 4 is 29.2 Å². The van der Waals surface area contributed by atoms with E-state index in [1.165, 1.54) is 35.0 Å². The zero-order chi connectivity index (χ0) is 23.9. The number of nitrogens with zero attached hydrogens (tertiary/aromatic N) is 4. The van der Waals surface area contributed by atoms with E-state index in [4.69, 9.17) is 0 Å². The summed E-state index contributed by atoms with van der Waals surface area (Å²) < 4.78 is 1.80. The zero-order valence-electron chi connectivity index (χ0n) is 18.3. The number of aryl methyl sites for hydroxylation is 1. The number of nitrogens with one attached hydrogen (secondary N) is 2. The molecule has 0 aliphatic heterocycles. The number of urea groups is 1. The predicted octanol–water partition coefficient (Wildman–Crippen LogP) is 5.10. The molecule has 0 radical (unpaired) electrons. The Kier molecular flexibility index (Phi) is 7.19. The minimum absolute atomic E-state index is 0.00662. The average molecular weight is 475 g/mol. The molecule has 0 aliphatic rings. The molecule has 4 aromatic rings. The van der Waals surface area contributed by atoms with E-state index in [0.717, 1.165) is 0 Å². The van der Waals surface area contributed by atoms with Crippen LogP contribution in [-0.2, 0) is 12.3 Å². The van der Waals surface area contributed by atoms with Gasteiger partial charge in [-0.1, -0.05) is 54.2 Å². The van der Waals surface area contributed by atoms with E-state index in [-0.39, 0.29) is 18.3 Å². The largest absolute Gasteiger partial charge is 0.331 e. The van der Waals surface area contributed by atoms with Gasteiger partial charge < -0.3 is 10.6 Å². The van der Waals surface area contributed by atoms with E-state index in [2.05, 4.69) is 39.9 Å². The number of rotatable bonds is 8. The summed E-state index contributed by atoms with van der Waals surface area (Å²) in [5.74, 6) is 1.18. The molecule has 3 aromatic carbocycles. The Morgan fingerprint density at radius 2 is 1.71 bits per heavy atom. The number of hydrogen-bond acceptors (Lipinski definition) is 6. The van der Waals surface area contributed by atoms with Gasteiger partial charge in [-0.2, -0.15) is 0 Å². The van der Waals surface area contributed by atoms with Crippen LogP contribution in [0.5, 0.6) is 0 Å². The number of benzene rings is 3. The first-order valence-corrected chi connectivity index (χ1v) is 11.5. The first kappa shape index (κ1) is 23.0. The number of non-ortho nitro benzene ring substituents is 1. The molecule has 2 amide bonds. The molecular weight excluding hydrogens is 452 g/mol. The Balaban J connectivity index is 1.55. The van der Waals surface area contributed by atoms with Crippen molar-refractivity contribution in [1.82, 2.24) is 20.1 Å². The average Bonchev–Trinajstić information content (AvgIpc) is 3.25. The van der Waals surface area contributed by atoms with Crippen LogP contribution in [0.25, 0.3) is 5.69 Å². The number of carbonyl (C=O) groups is 1. The first-order valence-electron chi connectivity index (χ1n) is 10.5. The maximum Gasteiger partial charge on any atom is 0.319 e. The molecule has 9 nitrogen and oxygen atoms in total. The second-order valence-electron chi connectivity index (χ2n) is 7.40. The van der Waals surface area contributed by atoms with Crippen LogP contribution in [0.1, 0.15) is 17.0 Å². The third-order valence-electron chi connectivity index (χ3n) is 5.08. The van der Waals surface area contributed by atoms with Gasteiger partial charge in [0.25, 0.3) is 5.69 Å². The van der Waals surface area contributed by atoms with Crippen molar-refractivity contribution in [3.8, 4) is 5.69 Å². The van der Waals surface area contributed by atoms with Crippen molar-refractivity contribution in [2.45, 2.75) is 24.4 Å². The van der Waals surface area contributed by atoms with E-state index in [9.17, 15) is 14.9 Å². The summed E-state index contributed by atoms with van der Waals surface area (Å²) >= 11 is 1.50. The highest BCUT2D eigenvalue weighted by Gasteiger charge is 2.17. The fourth-order valence-electron chi connectivity index (χ4n) is 3.26. The lowest BCUT2D eigenvalue weighted by Crippen LogP contribution is -2.29. The Morgan fingerprint density at radius 3 is 2.41 bits per heavy atom. The molecule has 2 N–H and O–H groups in total. The van der Waals surface area contributed by atoms with Crippen molar-refractivity contribution in [2.75, 3.05) is 5.32 Å². The van der Waals surface area contributed by atoms with Crippen LogP contribution >= 0.6 is 11.8 Å². The van der Waals surface area contributed by atoms with Crippen LogP contribution in [0.2, 0.25) is 0 Å². The molecule has 0 atom stereocenters. The van der Waals surface area contributed by atoms with Crippen LogP contribution < -0.4 is 10.6 Å². The van der Waals surface area contributed by atoms with Crippen molar-refractivity contribution in [2.24, 2.45) is 0 Å². The van der Waals surface area contributed by atoms with Gasteiger partial charge in [-0.25, -0.2) is 4.79 Å². The Hall–Kier alpha value is -4.18. The molecule has 172 valence electrons. The highest BCUT2D eigenvalue weighted by atomic mass is 32.2. The quantitative estimate of drug-likeness (QED) is 0.209. The number of para-hydroxylation sites is 1. The van der Waals surface area contributed by atoms with Crippen LogP contribution in [0.4, 0.5) is 16.2 Å². The van der Waals surface area contributed by atoms with Crippen molar-refractivity contribution < 1.29 is 9.72 Å². The number of nitro benzene ring substituents is 1. The number of thioether (sulfide) groups is 1.